The second-order valence-corrected chi connectivity index (χ2v) is 10.3. The average Bonchev–Trinajstić information content (AvgIpc) is 2.86. The van der Waals surface area contributed by atoms with Crippen molar-refractivity contribution in [2.45, 2.75) is 39.5 Å². The molecule has 0 saturated carbocycles. The summed E-state index contributed by atoms with van der Waals surface area (Å²) in [5.41, 5.74) is 3.41. The first-order valence-electron chi connectivity index (χ1n) is 12.7. The largest absolute Gasteiger partial charge is 0.478 e. The molecule has 2 aliphatic rings. The molecule has 0 bridgehead atoms. The molecule has 5 rings (SSSR count). The molecule has 0 spiro atoms. The summed E-state index contributed by atoms with van der Waals surface area (Å²) in [7, 11) is 0. The number of unbranched alkanes of at least 4 members (excludes halogenated alkanes) is 1. The minimum atomic E-state index is -0.271. The number of pyridine rings is 2. The summed E-state index contributed by atoms with van der Waals surface area (Å²) in [6.45, 7) is 9.68. The standard InChI is InChI=1S/C28H34N4O3/c1-28(2)13-12-20-6-5-7-22(25(20)26(28)34)32-17-15-31(16-18-32)14-3-4-19-35-24-11-9-21-8-10-23(33)29-27(21)30-24/h5-11H,3-4,12-19H2,1-2H3,(H,29,30,33). The van der Waals surface area contributed by atoms with Crippen molar-refractivity contribution in [1.29, 1.82) is 0 Å². The summed E-state index contributed by atoms with van der Waals surface area (Å²) >= 11 is 0. The molecule has 1 saturated heterocycles. The third-order valence-electron chi connectivity index (χ3n) is 7.38. The van der Waals surface area contributed by atoms with Crippen molar-refractivity contribution in [3.05, 3.63) is 63.9 Å². The van der Waals surface area contributed by atoms with Crippen molar-refractivity contribution < 1.29 is 9.53 Å². The van der Waals surface area contributed by atoms with E-state index in [1.807, 2.05) is 12.1 Å². The predicted octanol–water partition coefficient (Wildman–Crippen LogP) is 4.06. The van der Waals surface area contributed by atoms with Crippen LogP contribution < -0.4 is 15.2 Å². The van der Waals surface area contributed by atoms with Crippen molar-refractivity contribution >= 4 is 22.5 Å². The fourth-order valence-electron chi connectivity index (χ4n) is 5.14. The normalized spacial score (nSPS) is 18.0. The summed E-state index contributed by atoms with van der Waals surface area (Å²) in [5, 5.41) is 0.889. The number of benzene rings is 1. The van der Waals surface area contributed by atoms with Crippen LogP contribution in [0.2, 0.25) is 0 Å². The maximum Gasteiger partial charge on any atom is 0.249 e. The number of carbonyl (C=O) groups is 1. The maximum atomic E-state index is 13.2. The molecule has 0 atom stereocenters. The molecule has 1 aliphatic heterocycles. The Balaban J connectivity index is 1.09. The molecule has 35 heavy (non-hydrogen) atoms. The quantitative estimate of drug-likeness (QED) is 0.521. The van der Waals surface area contributed by atoms with Crippen LogP contribution in [0.3, 0.4) is 0 Å². The number of rotatable bonds is 7. The number of carbonyl (C=O) groups excluding carboxylic acids is 1. The van der Waals surface area contributed by atoms with E-state index in [4.69, 9.17) is 4.74 Å². The monoisotopic (exact) mass is 474 g/mol. The van der Waals surface area contributed by atoms with Crippen LogP contribution in [0.1, 0.15) is 49.0 Å². The average molecular weight is 475 g/mol. The Kier molecular flexibility index (Phi) is 6.60. The second kappa shape index (κ2) is 9.82. The molecule has 7 heteroatoms. The van der Waals surface area contributed by atoms with Gasteiger partial charge in [0.1, 0.15) is 5.65 Å². The van der Waals surface area contributed by atoms with Crippen molar-refractivity contribution in [2.24, 2.45) is 5.41 Å². The molecule has 1 aliphatic carbocycles. The first kappa shape index (κ1) is 23.5. The van der Waals surface area contributed by atoms with E-state index in [0.717, 1.165) is 75.0 Å². The second-order valence-electron chi connectivity index (χ2n) is 10.3. The number of aryl methyl sites for hydroxylation is 1. The molecule has 1 N–H and O–H groups in total. The van der Waals surface area contributed by atoms with Gasteiger partial charge in [0, 0.05) is 60.4 Å². The molecule has 3 aromatic rings. The Hall–Kier alpha value is -3.19. The van der Waals surface area contributed by atoms with E-state index in [-0.39, 0.29) is 11.0 Å². The van der Waals surface area contributed by atoms with Crippen LogP contribution in [0.25, 0.3) is 11.0 Å². The van der Waals surface area contributed by atoms with E-state index in [1.54, 1.807) is 6.07 Å². The molecule has 7 nitrogen and oxygen atoms in total. The summed E-state index contributed by atoms with van der Waals surface area (Å²) in [6.07, 6.45) is 3.91. The van der Waals surface area contributed by atoms with Gasteiger partial charge in [-0.25, -0.2) is 0 Å². The number of nitrogens with one attached hydrogen (secondary N) is 1. The number of aromatic amines is 1. The molecule has 0 amide bonds. The van der Waals surface area contributed by atoms with Crippen LogP contribution in [0.5, 0.6) is 5.88 Å². The smallest absolute Gasteiger partial charge is 0.249 e. The first-order valence-corrected chi connectivity index (χ1v) is 12.7. The highest BCUT2D eigenvalue weighted by molar-refractivity contribution is 6.07. The van der Waals surface area contributed by atoms with Crippen molar-refractivity contribution in [3.63, 3.8) is 0 Å². The number of anilines is 1. The lowest BCUT2D eigenvalue weighted by Crippen LogP contribution is -2.47. The van der Waals surface area contributed by atoms with Gasteiger partial charge in [-0.2, -0.15) is 4.98 Å². The molecule has 3 heterocycles. The van der Waals surface area contributed by atoms with Crippen LogP contribution in [0.15, 0.2) is 47.3 Å². The fraction of sp³-hybridized carbons (Fsp3) is 0.464. The highest BCUT2D eigenvalue weighted by Gasteiger charge is 2.36. The minimum Gasteiger partial charge on any atom is -0.478 e. The molecule has 2 aromatic heterocycles. The van der Waals surface area contributed by atoms with Crippen molar-refractivity contribution in [1.82, 2.24) is 14.9 Å². The maximum absolute atomic E-state index is 13.2. The van der Waals surface area contributed by atoms with Crippen LogP contribution in [0.4, 0.5) is 5.69 Å². The molecule has 184 valence electrons. The van der Waals surface area contributed by atoms with Crippen molar-refractivity contribution in [2.75, 3.05) is 44.2 Å². The lowest BCUT2D eigenvalue weighted by Gasteiger charge is -2.39. The SMILES string of the molecule is CC1(C)CCc2cccc(N3CCN(CCCCOc4ccc5ccc(=O)[nH]c5n4)CC3)c2C1=O. The van der Waals surface area contributed by atoms with Crippen molar-refractivity contribution in [3.8, 4) is 5.88 Å². The Morgan fingerprint density at radius 2 is 1.80 bits per heavy atom. The van der Waals surface area contributed by atoms with Gasteiger partial charge in [0.25, 0.3) is 0 Å². The molecule has 0 unspecified atom stereocenters. The van der Waals surface area contributed by atoms with E-state index >= 15 is 0 Å². The molecular weight excluding hydrogens is 440 g/mol. The van der Waals surface area contributed by atoms with Crippen LogP contribution in [-0.2, 0) is 6.42 Å². The van der Waals surface area contributed by atoms with Crippen LogP contribution >= 0.6 is 0 Å². The van der Waals surface area contributed by atoms with Gasteiger partial charge in [0.05, 0.1) is 6.61 Å². The Bertz CT molecular complexity index is 1270. The van der Waals surface area contributed by atoms with E-state index in [2.05, 4.69) is 51.8 Å². The number of hydrogen-bond acceptors (Lipinski definition) is 6. The number of fused-ring (bicyclic) bond motifs is 2. The third-order valence-corrected chi connectivity index (χ3v) is 7.38. The highest BCUT2D eigenvalue weighted by Crippen LogP contribution is 2.39. The van der Waals surface area contributed by atoms with Crippen LogP contribution in [0, 0.1) is 5.41 Å². The summed E-state index contributed by atoms with van der Waals surface area (Å²) in [5.74, 6) is 0.834. The van der Waals surface area contributed by atoms with Gasteiger partial charge in [-0.1, -0.05) is 26.0 Å². The lowest BCUT2D eigenvalue weighted by molar-refractivity contribution is 0.0811. The van der Waals surface area contributed by atoms with E-state index < -0.39 is 0 Å². The topological polar surface area (TPSA) is 78.5 Å². The number of H-pyrrole nitrogens is 1. The number of nitrogens with zero attached hydrogens (tertiary/aromatic N) is 3. The predicted molar refractivity (Wildman–Crippen MR) is 139 cm³/mol. The molecule has 1 aromatic carbocycles. The van der Waals surface area contributed by atoms with Gasteiger partial charge < -0.3 is 14.6 Å². The zero-order valence-corrected chi connectivity index (χ0v) is 20.7. The number of Topliss-reactive ketones (excluding diaryl/α,β-unsaturated/α-hetero) is 1. The number of piperazine rings is 1. The Morgan fingerprint density at radius 1 is 1.00 bits per heavy atom. The Labute approximate surface area is 206 Å². The third kappa shape index (κ3) is 5.10. The Morgan fingerprint density at radius 3 is 2.63 bits per heavy atom. The number of hydrogen-bond donors (Lipinski definition) is 1. The highest BCUT2D eigenvalue weighted by atomic mass is 16.5. The zero-order chi connectivity index (χ0) is 24.4. The minimum absolute atomic E-state index is 0.162. The fourth-order valence-corrected chi connectivity index (χ4v) is 5.14. The lowest BCUT2D eigenvalue weighted by atomic mass is 9.72. The van der Waals surface area contributed by atoms with E-state index in [1.165, 1.54) is 11.6 Å². The van der Waals surface area contributed by atoms with Gasteiger partial charge in [0.15, 0.2) is 5.78 Å². The van der Waals surface area contributed by atoms with Gasteiger partial charge in [-0.15, -0.1) is 0 Å². The number of ketones is 1. The summed E-state index contributed by atoms with van der Waals surface area (Å²) in [6, 6.07) is 13.4. The summed E-state index contributed by atoms with van der Waals surface area (Å²) < 4.78 is 5.81. The van der Waals surface area contributed by atoms with Gasteiger partial charge in [-0.3, -0.25) is 14.5 Å². The van der Waals surface area contributed by atoms with E-state index in [9.17, 15) is 9.59 Å². The van der Waals surface area contributed by atoms with Gasteiger partial charge >= 0.3 is 0 Å². The first-order chi connectivity index (χ1) is 16.9. The molecule has 1 fully saturated rings. The van der Waals surface area contributed by atoms with Gasteiger partial charge in [-0.05, 0) is 56.0 Å². The zero-order valence-electron chi connectivity index (χ0n) is 20.7. The molecule has 0 radical (unpaired) electrons. The molecular formula is C28H34N4O3. The number of ether oxygens (including phenoxy) is 1. The summed E-state index contributed by atoms with van der Waals surface area (Å²) in [4.78, 5) is 36.7. The van der Waals surface area contributed by atoms with Gasteiger partial charge in [0.2, 0.25) is 11.4 Å². The van der Waals surface area contributed by atoms with Crippen LogP contribution in [-0.4, -0.2) is 60.0 Å². The number of aromatic nitrogens is 2. The van der Waals surface area contributed by atoms with E-state index in [0.29, 0.717) is 23.9 Å².